The molecule has 0 radical (unpaired) electrons. The van der Waals surface area contributed by atoms with Gasteiger partial charge in [0.15, 0.2) is 0 Å². The van der Waals surface area contributed by atoms with Gasteiger partial charge in [-0.1, -0.05) is 65.0 Å². The van der Waals surface area contributed by atoms with Crippen molar-refractivity contribution < 1.29 is 27.7 Å². The van der Waals surface area contributed by atoms with E-state index in [0.29, 0.717) is 54.8 Å². The first kappa shape index (κ1) is 44.4. The van der Waals surface area contributed by atoms with E-state index in [2.05, 4.69) is 90.1 Å². The molecule has 3 N–H and O–H groups in total. The van der Waals surface area contributed by atoms with Crippen molar-refractivity contribution in [2.45, 2.75) is 90.6 Å². The Kier molecular flexibility index (Phi) is 11.7. The summed E-state index contributed by atoms with van der Waals surface area (Å²) in [5.74, 6) is 1.88. The summed E-state index contributed by atoms with van der Waals surface area (Å²) >= 11 is 0. The Bertz CT molecular complexity index is 2440. The maximum absolute atomic E-state index is 14.8. The van der Waals surface area contributed by atoms with Crippen LogP contribution in [0, 0.1) is 55.9 Å². The number of carbonyl (C=O) groups is 2. The third-order valence-corrected chi connectivity index (χ3v) is 18.3. The molecule has 3 aromatic carbocycles. The van der Waals surface area contributed by atoms with Gasteiger partial charge in [-0.05, 0) is 132 Å². The van der Waals surface area contributed by atoms with E-state index in [4.69, 9.17) is 4.74 Å². The van der Waals surface area contributed by atoms with Crippen molar-refractivity contribution in [1.82, 2.24) is 14.9 Å². The minimum atomic E-state index is -4.40. The second-order valence-electron chi connectivity index (χ2n) is 20.7. The Labute approximate surface area is 378 Å². The molecule has 2 unspecified atom stereocenters. The number of nitrogens with one attached hydrogen (secondary N) is 3. The van der Waals surface area contributed by atoms with E-state index in [9.17, 15) is 28.1 Å². The number of nitro benzene ring substituents is 1. The largest absolute Gasteiger partial charge is 0.381 e. The van der Waals surface area contributed by atoms with Gasteiger partial charge in [-0.15, -0.1) is 0 Å². The maximum Gasteiger partial charge on any atom is 0.293 e. The molecule has 13 nitrogen and oxygen atoms in total. The number of ether oxygens (including phenoxy) is 1. The number of hydrogen-bond donors (Lipinski definition) is 3. The molecule has 6 atom stereocenters. The van der Waals surface area contributed by atoms with Gasteiger partial charge < -0.3 is 20.3 Å². The zero-order valence-corrected chi connectivity index (χ0v) is 38.7. The number of sulfonamides is 1. The average molecular weight is 893 g/mol. The Balaban J connectivity index is 0.817. The summed E-state index contributed by atoms with van der Waals surface area (Å²) in [5, 5.41) is 18.7. The molecule has 64 heavy (non-hydrogen) atoms. The van der Waals surface area contributed by atoms with Crippen LogP contribution in [-0.2, 0) is 26.1 Å². The zero-order valence-electron chi connectivity index (χ0n) is 37.9. The average Bonchev–Trinajstić information content (AvgIpc) is 3.68. The van der Waals surface area contributed by atoms with Crippen molar-refractivity contribution in [1.29, 1.82) is 0 Å². The van der Waals surface area contributed by atoms with E-state index in [1.807, 2.05) is 12.1 Å². The first-order chi connectivity index (χ1) is 30.5. The fraction of sp³-hybridized carbons (Fsp3) is 0.560. The van der Waals surface area contributed by atoms with Crippen molar-refractivity contribution in [3.05, 3.63) is 99.6 Å². The van der Waals surface area contributed by atoms with Crippen LogP contribution in [0.1, 0.15) is 94.6 Å². The Morgan fingerprint density at radius 3 is 2.31 bits per heavy atom. The Hall–Kier alpha value is -4.79. The number of nitro groups is 1. The fourth-order valence-corrected chi connectivity index (χ4v) is 13.5. The van der Waals surface area contributed by atoms with Crippen LogP contribution in [0.15, 0.2) is 77.7 Å². The molecule has 4 saturated carbocycles. The van der Waals surface area contributed by atoms with Gasteiger partial charge in [-0.2, -0.15) is 0 Å². The molecule has 10 rings (SSSR count). The minimum absolute atomic E-state index is 0.158. The molecule has 7 aliphatic rings. The number of carbonyl (C=O) groups excluding carboxylic acids is 2. The predicted octanol–water partition coefficient (Wildman–Crippen LogP) is 7.88. The second kappa shape index (κ2) is 16.9. The Morgan fingerprint density at radius 1 is 0.922 bits per heavy atom. The van der Waals surface area contributed by atoms with E-state index in [0.717, 1.165) is 76.6 Å². The van der Waals surface area contributed by atoms with Crippen LogP contribution in [0.2, 0.25) is 0 Å². The lowest BCUT2D eigenvalue weighted by Gasteiger charge is -2.62. The molecule has 6 fully saturated rings. The van der Waals surface area contributed by atoms with E-state index < -0.39 is 26.3 Å². The molecule has 342 valence electrons. The highest BCUT2D eigenvalue weighted by Crippen LogP contribution is 2.68. The first-order valence-corrected chi connectivity index (χ1v) is 24.8. The summed E-state index contributed by atoms with van der Waals surface area (Å²) in [6.45, 7) is 17.5. The molecule has 2 aliphatic heterocycles. The highest BCUT2D eigenvalue weighted by Gasteiger charge is 2.65. The van der Waals surface area contributed by atoms with Crippen LogP contribution in [0.3, 0.4) is 0 Å². The molecule has 5 aliphatic carbocycles. The Morgan fingerprint density at radius 2 is 1.64 bits per heavy atom. The number of piperazine rings is 1. The van der Waals surface area contributed by atoms with Crippen LogP contribution < -0.4 is 20.3 Å². The summed E-state index contributed by atoms with van der Waals surface area (Å²) in [6.07, 6.45) is 8.39. The second-order valence-corrected chi connectivity index (χ2v) is 22.3. The normalized spacial score (nSPS) is 28.5. The van der Waals surface area contributed by atoms with E-state index in [1.54, 1.807) is 12.1 Å². The third kappa shape index (κ3) is 7.80. The van der Waals surface area contributed by atoms with Gasteiger partial charge in [0, 0.05) is 75.8 Å². The highest BCUT2D eigenvalue weighted by molar-refractivity contribution is 7.90. The minimum Gasteiger partial charge on any atom is -0.381 e. The van der Waals surface area contributed by atoms with E-state index in [1.165, 1.54) is 35.3 Å². The number of amides is 2. The summed E-state index contributed by atoms with van der Waals surface area (Å²) in [7, 11) is -4.40. The monoisotopic (exact) mass is 892 g/mol. The van der Waals surface area contributed by atoms with Gasteiger partial charge in [0.1, 0.15) is 5.69 Å². The number of fused-ring (bicyclic) bond motifs is 4. The van der Waals surface area contributed by atoms with Crippen LogP contribution in [-0.4, -0.2) is 82.0 Å². The molecule has 14 heteroatoms. The predicted molar refractivity (Wildman–Crippen MR) is 248 cm³/mol. The van der Waals surface area contributed by atoms with Crippen molar-refractivity contribution >= 4 is 44.5 Å². The first-order valence-electron chi connectivity index (χ1n) is 23.4. The summed E-state index contributed by atoms with van der Waals surface area (Å²) in [5.41, 5.74) is 4.20. The van der Waals surface area contributed by atoms with Gasteiger partial charge in [0.2, 0.25) is 5.91 Å². The third-order valence-electron chi connectivity index (χ3n) is 16.9. The number of rotatable bonds is 13. The van der Waals surface area contributed by atoms with E-state index in [-0.39, 0.29) is 39.2 Å². The van der Waals surface area contributed by atoms with E-state index >= 15 is 0 Å². The SMILES string of the molecule is C[C@@H]1[C@@H](NC(=O)C23CCC(C=C2c2ccccc2CN2CCN(c4ccc(C(=O)NS(=O)(=O)c5ccc(NCC6CCOCC6)c([N+](=O)[O-])c5)cc4)CC2)C3(C)C)C[C@H]2C[C@@H]1C2(C)C. The molecule has 0 spiro atoms. The number of allylic oxidation sites excluding steroid dienone is 1. The fourth-order valence-electron chi connectivity index (χ4n) is 12.5. The molecule has 4 bridgehead atoms. The lowest BCUT2D eigenvalue weighted by atomic mass is 9.44. The molecule has 2 saturated heterocycles. The van der Waals surface area contributed by atoms with Crippen molar-refractivity contribution in [3.8, 4) is 0 Å². The molecular formula is C50H64N6O7S. The van der Waals surface area contributed by atoms with Gasteiger partial charge in [-0.25, -0.2) is 13.1 Å². The maximum atomic E-state index is 14.8. The smallest absolute Gasteiger partial charge is 0.293 e. The lowest BCUT2D eigenvalue weighted by molar-refractivity contribution is -0.384. The number of anilines is 2. The molecule has 3 aromatic rings. The summed E-state index contributed by atoms with van der Waals surface area (Å²) in [6, 6.07) is 19.3. The quantitative estimate of drug-likeness (QED) is 0.114. The molecular weight excluding hydrogens is 829 g/mol. The van der Waals surface area contributed by atoms with Gasteiger partial charge in [0.05, 0.1) is 15.2 Å². The standard InChI is InChI=1S/C50H64N6O7S/c1-32-41-27-37(48(41,2)3)28-44(32)52-47(58)50-19-16-36(49(50,4)5)26-42(50)40-9-7-6-8-35(40)31-54-20-22-55(23-21-54)38-12-10-34(11-13-38)46(57)53-64(61,62)39-14-15-43(45(29-39)56(59)60)51-30-33-17-24-63-25-18-33/h6-15,26,29,32-33,36-37,41,44,51H,16-25,27-28,30-31H2,1-5H3,(H,52,58)(H,53,57)/t32-,36?,37+,41-,44-,50?/m0/s1. The van der Waals surface area contributed by atoms with Gasteiger partial charge in [-0.3, -0.25) is 24.6 Å². The van der Waals surface area contributed by atoms with Crippen LogP contribution in [0.5, 0.6) is 0 Å². The molecule has 2 amide bonds. The van der Waals surface area contributed by atoms with Crippen LogP contribution >= 0.6 is 0 Å². The van der Waals surface area contributed by atoms with Gasteiger partial charge >= 0.3 is 0 Å². The number of hydrogen-bond acceptors (Lipinski definition) is 10. The van der Waals surface area contributed by atoms with Crippen LogP contribution in [0.25, 0.3) is 5.57 Å². The summed E-state index contributed by atoms with van der Waals surface area (Å²) in [4.78, 5) is 43.7. The molecule has 2 heterocycles. The highest BCUT2D eigenvalue weighted by atomic mass is 32.2. The zero-order chi connectivity index (χ0) is 45.2. The summed E-state index contributed by atoms with van der Waals surface area (Å²) < 4.78 is 34.0. The topological polar surface area (TPSA) is 163 Å². The van der Waals surface area contributed by atoms with Crippen molar-refractivity contribution in [2.24, 2.45) is 45.8 Å². The number of nitrogens with zero attached hydrogens (tertiary/aromatic N) is 3. The number of benzene rings is 3. The van der Waals surface area contributed by atoms with Gasteiger partial charge in [0.25, 0.3) is 21.6 Å². The lowest BCUT2D eigenvalue weighted by Crippen LogP contribution is -2.62. The van der Waals surface area contributed by atoms with Crippen molar-refractivity contribution in [2.75, 3.05) is 56.2 Å². The van der Waals surface area contributed by atoms with Crippen molar-refractivity contribution in [3.63, 3.8) is 0 Å². The molecule has 0 aromatic heterocycles. The van der Waals surface area contributed by atoms with Crippen LogP contribution in [0.4, 0.5) is 17.1 Å².